The molecule has 3 unspecified atom stereocenters. The second-order valence-electron chi connectivity index (χ2n) is 10.3. The first-order chi connectivity index (χ1) is 17.9. The first kappa shape index (κ1) is 23.4. The molecule has 37 heavy (non-hydrogen) atoms. The first-order valence-corrected chi connectivity index (χ1v) is 12.8. The number of primary amides is 1. The van der Waals surface area contributed by atoms with Crippen LogP contribution in [0.25, 0.3) is 16.6 Å². The van der Waals surface area contributed by atoms with Crippen LogP contribution in [0.3, 0.4) is 0 Å². The molecule has 3 atom stereocenters. The summed E-state index contributed by atoms with van der Waals surface area (Å²) in [6.45, 7) is 2.07. The Morgan fingerprint density at radius 3 is 2.41 bits per heavy atom. The first-order valence-electron chi connectivity index (χ1n) is 12.8. The van der Waals surface area contributed by atoms with Gasteiger partial charge in [-0.1, -0.05) is 37.3 Å². The SMILES string of the molecule is CCC1C(C2(C(N)=O)CC2)C(Cc2ccccc2)C(=O)N1c1ccc2c(cnn2-c2ccc(F)cc2)c1. The molecule has 1 aliphatic heterocycles. The third-order valence-corrected chi connectivity index (χ3v) is 8.27. The van der Waals surface area contributed by atoms with E-state index in [9.17, 15) is 14.0 Å². The molecule has 2 fully saturated rings. The number of benzene rings is 3. The van der Waals surface area contributed by atoms with Gasteiger partial charge in [0.05, 0.1) is 22.8 Å². The minimum Gasteiger partial charge on any atom is -0.369 e. The number of halogens is 1. The van der Waals surface area contributed by atoms with Gasteiger partial charge in [0.1, 0.15) is 5.82 Å². The molecule has 1 saturated heterocycles. The Hall–Kier alpha value is -4.00. The van der Waals surface area contributed by atoms with E-state index < -0.39 is 5.41 Å². The van der Waals surface area contributed by atoms with E-state index in [2.05, 4.69) is 12.0 Å². The van der Waals surface area contributed by atoms with Crippen LogP contribution in [0.5, 0.6) is 0 Å². The van der Waals surface area contributed by atoms with Crippen LogP contribution in [-0.4, -0.2) is 27.6 Å². The zero-order valence-corrected chi connectivity index (χ0v) is 20.7. The van der Waals surface area contributed by atoms with Crippen LogP contribution in [0.1, 0.15) is 31.7 Å². The lowest BCUT2D eigenvalue weighted by atomic mass is 9.73. The summed E-state index contributed by atoms with van der Waals surface area (Å²) in [5, 5.41) is 5.39. The number of hydrogen-bond acceptors (Lipinski definition) is 3. The van der Waals surface area contributed by atoms with Crippen molar-refractivity contribution in [3.05, 3.63) is 90.4 Å². The van der Waals surface area contributed by atoms with Gasteiger partial charge >= 0.3 is 0 Å². The summed E-state index contributed by atoms with van der Waals surface area (Å²) < 4.78 is 15.2. The van der Waals surface area contributed by atoms with Gasteiger partial charge < -0.3 is 10.6 Å². The smallest absolute Gasteiger partial charge is 0.231 e. The number of anilines is 1. The van der Waals surface area contributed by atoms with E-state index in [4.69, 9.17) is 5.73 Å². The number of rotatable bonds is 7. The normalized spacial score (nSPS) is 22.5. The van der Waals surface area contributed by atoms with Gasteiger partial charge in [-0.25, -0.2) is 9.07 Å². The Labute approximate surface area is 214 Å². The monoisotopic (exact) mass is 496 g/mol. The van der Waals surface area contributed by atoms with Crippen LogP contribution < -0.4 is 10.6 Å². The average Bonchev–Trinajstić information content (AvgIpc) is 3.53. The van der Waals surface area contributed by atoms with E-state index in [-0.39, 0.29) is 35.5 Å². The molecule has 2 heterocycles. The molecule has 4 aromatic rings. The number of carbonyl (C=O) groups is 2. The van der Waals surface area contributed by atoms with Gasteiger partial charge in [0, 0.05) is 29.0 Å². The highest BCUT2D eigenvalue weighted by Gasteiger charge is 2.64. The molecule has 3 aromatic carbocycles. The highest BCUT2D eigenvalue weighted by molar-refractivity contribution is 6.01. The minimum absolute atomic E-state index is 0.0403. The minimum atomic E-state index is -0.623. The molecule has 0 radical (unpaired) electrons. The maximum Gasteiger partial charge on any atom is 0.231 e. The lowest BCUT2D eigenvalue weighted by Crippen LogP contribution is -2.42. The molecule has 6 nitrogen and oxygen atoms in total. The number of hydrogen-bond donors (Lipinski definition) is 1. The van der Waals surface area contributed by atoms with E-state index in [0.717, 1.165) is 47.1 Å². The summed E-state index contributed by atoms with van der Waals surface area (Å²) in [5.41, 5.74) is 8.83. The standard InChI is InChI=1S/C30H29FN4O2/c1-2-25-27(30(14-15-30)29(32)37)24(16-19-6-4-3-5-7-19)28(36)34(25)23-12-13-26-20(17-23)18-33-35(26)22-10-8-21(31)9-11-22/h3-13,17-18,24-25,27H,2,14-16H2,1H3,(H2,32,37). The summed E-state index contributed by atoms with van der Waals surface area (Å²) in [5.74, 6) is -1.01. The molecule has 1 saturated carbocycles. The number of fused-ring (bicyclic) bond motifs is 1. The molecular weight excluding hydrogens is 467 g/mol. The highest BCUT2D eigenvalue weighted by Crippen LogP contribution is 2.60. The molecule has 2 amide bonds. The predicted octanol–water partition coefficient (Wildman–Crippen LogP) is 5.03. The van der Waals surface area contributed by atoms with Crippen molar-refractivity contribution in [2.24, 2.45) is 23.0 Å². The Morgan fingerprint density at radius 1 is 1.05 bits per heavy atom. The van der Waals surface area contributed by atoms with Crippen molar-refractivity contribution in [2.75, 3.05) is 4.90 Å². The van der Waals surface area contributed by atoms with Crippen molar-refractivity contribution in [3.8, 4) is 5.69 Å². The number of nitrogens with zero attached hydrogens (tertiary/aromatic N) is 3. The van der Waals surface area contributed by atoms with Gasteiger partial charge in [0.25, 0.3) is 0 Å². The van der Waals surface area contributed by atoms with Crippen LogP contribution in [0.4, 0.5) is 10.1 Å². The molecule has 0 bridgehead atoms. The van der Waals surface area contributed by atoms with E-state index >= 15 is 0 Å². The zero-order valence-electron chi connectivity index (χ0n) is 20.7. The molecule has 1 aromatic heterocycles. The van der Waals surface area contributed by atoms with Gasteiger partial charge in [0.2, 0.25) is 11.8 Å². The molecule has 2 aliphatic rings. The predicted molar refractivity (Wildman–Crippen MR) is 141 cm³/mol. The fourth-order valence-corrected chi connectivity index (χ4v) is 6.35. The van der Waals surface area contributed by atoms with Gasteiger partial charge in [-0.15, -0.1) is 0 Å². The summed E-state index contributed by atoms with van der Waals surface area (Å²) in [6, 6.07) is 21.9. The summed E-state index contributed by atoms with van der Waals surface area (Å²) >= 11 is 0. The number of nitrogens with two attached hydrogens (primary N) is 1. The van der Waals surface area contributed by atoms with Crippen molar-refractivity contribution in [2.45, 2.75) is 38.6 Å². The second kappa shape index (κ2) is 8.83. The third kappa shape index (κ3) is 3.80. The van der Waals surface area contributed by atoms with Crippen LogP contribution in [0, 0.1) is 23.1 Å². The average molecular weight is 497 g/mol. The molecule has 2 N–H and O–H groups in total. The van der Waals surface area contributed by atoms with Crippen LogP contribution in [0.15, 0.2) is 79.0 Å². The van der Waals surface area contributed by atoms with Gasteiger partial charge in [-0.3, -0.25) is 9.59 Å². The summed E-state index contributed by atoms with van der Waals surface area (Å²) in [6.07, 6.45) is 4.54. The zero-order chi connectivity index (χ0) is 25.7. The van der Waals surface area contributed by atoms with Crippen molar-refractivity contribution in [1.82, 2.24) is 9.78 Å². The largest absolute Gasteiger partial charge is 0.369 e. The van der Waals surface area contributed by atoms with Crippen molar-refractivity contribution >= 4 is 28.4 Å². The molecule has 7 heteroatoms. The van der Waals surface area contributed by atoms with Gasteiger partial charge in [0.15, 0.2) is 0 Å². The maximum atomic E-state index is 14.1. The quantitative estimate of drug-likeness (QED) is 0.390. The van der Waals surface area contributed by atoms with E-state index in [1.165, 1.54) is 12.1 Å². The highest BCUT2D eigenvalue weighted by atomic mass is 19.1. The Bertz CT molecular complexity index is 1480. The lowest BCUT2D eigenvalue weighted by Gasteiger charge is -2.32. The maximum absolute atomic E-state index is 14.1. The third-order valence-electron chi connectivity index (χ3n) is 8.27. The van der Waals surface area contributed by atoms with E-state index in [0.29, 0.717) is 6.42 Å². The fraction of sp³-hybridized carbons (Fsp3) is 0.300. The van der Waals surface area contributed by atoms with Crippen molar-refractivity contribution in [1.29, 1.82) is 0 Å². The number of carbonyl (C=O) groups excluding carboxylic acids is 2. The topological polar surface area (TPSA) is 81.2 Å². The van der Waals surface area contributed by atoms with Crippen molar-refractivity contribution < 1.29 is 14.0 Å². The van der Waals surface area contributed by atoms with E-state index in [1.807, 2.05) is 53.4 Å². The Balaban J connectivity index is 1.40. The lowest BCUT2D eigenvalue weighted by molar-refractivity contribution is -0.127. The summed E-state index contributed by atoms with van der Waals surface area (Å²) in [7, 11) is 0. The molecular formula is C30H29FN4O2. The fourth-order valence-electron chi connectivity index (χ4n) is 6.35. The number of aromatic nitrogens is 2. The number of amides is 2. The van der Waals surface area contributed by atoms with Gasteiger partial charge in [-0.05, 0) is 73.7 Å². The molecule has 0 spiro atoms. The van der Waals surface area contributed by atoms with Crippen LogP contribution >= 0.6 is 0 Å². The van der Waals surface area contributed by atoms with Crippen LogP contribution in [0.2, 0.25) is 0 Å². The molecule has 6 rings (SSSR count). The van der Waals surface area contributed by atoms with Crippen LogP contribution in [-0.2, 0) is 16.0 Å². The van der Waals surface area contributed by atoms with E-state index in [1.54, 1.807) is 23.0 Å². The Morgan fingerprint density at radius 2 is 1.76 bits per heavy atom. The summed E-state index contributed by atoms with van der Waals surface area (Å²) in [4.78, 5) is 28.7. The second-order valence-corrected chi connectivity index (χ2v) is 10.3. The van der Waals surface area contributed by atoms with Gasteiger partial charge in [-0.2, -0.15) is 5.10 Å². The molecule has 1 aliphatic carbocycles. The molecule has 188 valence electrons. The van der Waals surface area contributed by atoms with Crippen molar-refractivity contribution in [3.63, 3.8) is 0 Å². The Kier molecular flexibility index (Phi) is 5.59.